The summed E-state index contributed by atoms with van der Waals surface area (Å²) in [4.78, 5) is 11.8. The van der Waals surface area contributed by atoms with Gasteiger partial charge in [-0.25, -0.2) is 4.68 Å². The van der Waals surface area contributed by atoms with E-state index in [0.717, 1.165) is 11.1 Å². The van der Waals surface area contributed by atoms with Gasteiger partial charge in [-0.2, -0.15) is 5.10 Å². The summed E-state index contributed by atoms with van der Waals surface area (Å²) in [6, 6.07) is 0. The fraction of sp³-hybridized carbons (Fsp3) is 0.636. The first-order chi connectivity index (χ1) is 7.91. The third kappa shape index (κ3) is 3.44. The van der Waals surface area contributed by atoms with Crippen LogP contribution in [0.2, 0.25) is 5.02 Å². The summed E-state index contributed by atoms with van der Waals surface area (Å²) in [7, 11) is 0. The van der Waals surface area contributed by atoms with Gasteiger partial charge in [-0.15, -0.1) is 0 Å². The van der Waals surface area contributed by atoms with Crippen molar-refractivity contribution >= 4 is 17.3 Å². The van der Waals surface area contributed by atoms with E-state index in [2.05, 4.69) is 10.4 Å². The maximum atomic E-state index is 11.8. The predicted molar refractivity (Wildman–Crippen MR) is 68.6 cm³/mol. The van der Waals surface area contributed by atoms with E-state index < -0.39 is 5.56 Å². The second-order valence-electron chi connectivity index (χ2n) is 4.49. The van der Waals surface area contributed by atoms with Crippen LogP contribution >= 0.6 is 11.6 Å². The Balaban J connectivity index is 3.05. The van der Waals surface area contributed by atoms with Gasteiger partial charge < -0.3 is 10.4 Å². The van der Waals surface area contributed by atoms with Gasteiger partial charge in [0.2, 0.25) is 0 Å². The van der Waals surface area contributed by atoms with Crippen LogP contribution in [0.15, 0.2) is 11.0 Å². The van der Waals surface area contributed by atoms with Crippen molar-refractivity contribution in [1.29, 1.82) is 0 Å². The van der Waals surface area contributed by atoms with Gasteiger partial charge in [-0.3, -0.25) is 4.79 Å². The van der Waals surface area contributed by atoms with Crippen molar-refractivity contribution in [1.82, 2.24) is 9.78 Å². The van der Waals surface area contributed by atoms with Gasteiger partial charge >= 0.3 is 0 Å². The van der Waals surface area contributed by atoms with Gasteiger partial charge in [0.25, 0.3) is 5.56 Å². The molecule has 0 bridgehead atoms. The third-order valence-corrected chi connectivity index (χ3v) is 3.02. The lowest BCUT2D eigenvalue weighted by Crippen LogP contribution is -2.32. The van der Waals surface area contributed by atoms with E-state index in [-0.39, 0.29) is 23.7 Å². The number of aliphatic hydroxyl groups is 1. The van der Waals surface area contributed by atoms with Gasteiger partial charge in [-0.1, -0.05) is 18.5 Å². The molecule has 2 N–H and O–H groups in total. The summed E-state index contributed by atoms with van der Waals surface area (Å²) < 4.78 is 1.15. The van der Waals surface area contributed by atoms with Gasteiger partial charge in [0.05, 0.1) is 25.0 Å². The number of nitrogens with zero attached hydrogens (tertiary/aromatic N) is 2. The molecule has 0 aromatic carbocycles. The molecular weight excluding hydrogens is 242 g/mol. The first-order valence-corrected chi connectivity index (χ1v) is 5.93. The summed E-state index contributed by atoms with van der Waals surface area (Å²) in [5.41, 5.74) is -0.0173. The van der Waals surface area contributed by atoms with Crippen LogP contribution in [0.3, 0.4) is 0 Å². The zero-order valence-corrected chi connectivity index (χ0v) is 11.1. The highest BCUT2D eigenvalue weighted by Gasteiger charge is 2.18. The largest absolute Gasteiger partial charge is 0.394 e. The predicted octanol–water partition coefficient (Wildman–Crippen LogP) is 1.49. The average Bonchev–Trinajstić information content (AvgIpc) is 2.29. The van der Waals surface area contributed by atoms with Crippen LogP contribution in [0, 0.1) is 0 Å². The van der Waals surface area contributed by atoms with Crippen LogP contribution in [0.4, 0.5) is 5.69 Å². The Morgan fingerprint density at radius 3 is 2.76 bits per heavy atom. The van der Waals surface area contributed by atoms with E-state index in [1.807, 2.05) is 20.8 Å². The Labute approximate surface area is 105 Å². The van der Waals surface area contributed by atoms with Gasteiger partial charge in [0.15, 0.2) is 0 Å². The summed E-state index contributed by atoms with van der Waals surface area (Å²) in [6.07, 6.45) is 2.40. The molecule has 1 aromatic rings. The maximum Gasteiger partial charge on any atom is 0.287 e. The number of aromatic nitrogens is 2. The molecule has 0 saturated carbocycles. The quantitative estimate of drug-likeness (QED) is 0.841. The number of hydrogen-bond donors (Lipinski definition) is 2. The average molecular weight is 260 g/mol. The highest BCUT2D eigenvalue weighted by atomic mass is 35.5. The number of aliphatic hydroxyl groups excluding tert-OH is 1. The minimum Gasteiger partial charge on any atom is -0.394 e. The Morgan fingerprint density at radius 1 is 1.59 bits per heavy atom. The molecule has 0 aliphatic heterocycles. The summed E-state index contributed by atoms with van der Waals surface area (Å²) in [5, 5.41) is 16.0. The minimum absolute atomic E-state index is 0.106. The lowest BCUT2D eigenvalue weighted by molar-refractivity contribution is 0.266. The molecule has 0 saturated heterocycles. The highest BCUT2D eigenvalue weighted by molar-refractivity contribution is 6.32. The Kier molecular flexibility index (Phi) is 4.54. The molecule has 1 heterocycles. The van der Waals surface area contributed by atoms with Gasteiger partial charge in [0, 0.05) is 5.54 Å². The van der Waals surface area contributed by atoms with E-state index >= 15 is 0 Å². The molecule has 17 heavy (non-hydrogen) atoms. The van der Waals surface area contributed by atoms with Crippen molar-refractivity contribution in [3.8, 4) is 0 Å². The Morgan fingerprint density at radius 2 is 2.24 bits per heavy atom. The summed E-state index contributed by atoms with van der Waals surface area (Å²) in [5.74, 6) is 0. The molecule has 0 amide bonds. The number of halogens is 1. The molecule has 0 radical (unpaired) electrons. The smallest absolute Gasteiger partial charge is 0.287 e. The number of rotatable bonds is 5. The molecule has 5 nitrogen and oxygen atoms in total. The van der Waals surface area contributed by atoms with Crippen molar-refractivity contribution in [3.63, 3.8) is 0 Å². The van der Waals surface area contributed by atoms with E-state index in [4.69, 9.17) is 16.7 Å². The van der Waals surface area contributed by atoms with Crippen LogP contribution in [-0.2, 0) is 6.54 Å². The fourth-order valence-electron chi connectivity index (χ4n) is 1.26. The lowest BCUT2D eigenvalue weighted by Gasteiger charge is -2.26. The molecular formula is C11H18ClN3O2. The standard InChI is InChI=1S/C11H18ClN3O2/c1-4-11(2,3)14-8-7-13-15(5-6-16)10(17)9(8)12/h7,14,16H,4-6H2,1-3H3. The van der Waals surface area contributed by atoms with Crippen molar-refractivity contribution in [2.75, 3.05) is 11.9 Å². The molecule has 0 atom stereocenters. The van der Waals surface area contributed by atoms with Crippen molar-refractivity contribution in [2.24, 2.45) is 0 Å². The number of hydrogen-bond acceptors (Lipinski definition) is 4. The SMILES string of the molecule is CCC(C)(C)Nc1cnn(CCO)c(=O)c1Cl. The fourth-order valence-corrected chi connectivity index (χ4v) is 1.45. The maximum absolute atomic E-state index is 11.8. The molecule has 1 aromatic heterocycles. The van der Waals surface area contributed by atoms with Crippen molar-refractivity contribution in [3.05, 3.63) is 21.6 Å². The monoisotopic (exact) mass is 259 g/mol. The molecule has 0 spiro atoms. The second kappa shape index (κ2) is 5.51. The normalized spacial score (nSPS) is 11.6. The first kappa shape index (κ1) is 14.0. The van der Waals surface area contributed by atoms with E-state index in [1.54, 1.807) is 0 Å². The molecule has 1 rings (SSSR count). The van der Waals surface area contributed by atoms with Crippen LogP contribution < -0.4 is 10.9 Å². The third-order valence-electron chi connectivity index (χ3n) is 2.65. The zero-order chi connectivity index (χ0) is 13.1. The zero-order valence-electron chi connectivity index (χ0n) is 10.3. The Hall–Kier alpha value is -1.07. The number of nitrogens with one attached hydrogen (secondary N) is 1. The highest BCUT2D eigenvalue weighted by Crippen LogP contribution is 2.21. The Bertz CT molecular complexity index is 443. The van der Waals surface area contributed by atoms with Crippen LogP contribution in [0.25, 0.3) is 0 Å². The first-order valence-electron chi connectivity index (χ1n) is 5.56. The van der Waals surface area contributed by atoms with Gasteiger partial charge in [0.1, 0.15) is 5.02 Å². The van der Waals surface area contributed by atoms with Crippen LogP contribution in [0.1, 0.15) is 27.2 Å². The molecule has 0 fully saturated rings. The van der Waals surface area contributed by atoms with E-state index in [9.17, 15) is 4.79 Å². The number of anilines is 1. The van der Waals surface area contributed by atoms with Crippen molar-refractivity contribution < 1.29 is 5.11 Å². The van der Waals surface area contributed by atoms with Gasteiger partial charge in [-0.05, 0) is 20.3 Å². The summed E-state index contributed by atoms with van der Waals surface area (Å²) in [6.45, 7) is 6.08. The van der Waals surface area contributed by atoms with Crippen LogP contribution in [0.5, 0.6) is 0 Å². The van der Waals surface area contributed by atoms with E-state index in [1.165, 1.54) is 6.20 Å². The molecule has 6 heteroatoms. The second-order valence-corrected chi connectivity index (χ2v) is 4.86. The molecule has 0 aliphatic carbocycles. The summed E-state index contributed by atoms with van der Waals surface area (Å²) >= 11 is 5.98. The topological polar surface area (TPSA) is 67.2 Å². The minimum atomic E-state index is -0.391. The van der Waals surface area contributed by atoms with Crippen LogP contribution in [-0.4, -0.2) is 27.0 Å². The lowest BCUT2D eigenvalue weighted by atomic mass is 10.0. The molecule has 96 valence electrons. The van der Waals surface area contributed by atoms with E-state index in [0.29, 0.717) is 5.69 Å². The molecule has 0 unspecified atom stereocenters. The molecule has 0 aliphatic rings. The van der Waals surface area contributed by atoms with Crippen molar-refractivity contribution in [2.45, 2.75) is 39.3 Å².